The van der Waals surface area contributed by atoms with Crippen molar-refractivity contribution in [3.05, 3.63) is 52.2 Å². The number of rotatable bonds is 6. The van der Waals surface area contributed by atoms with Gasteiger partial charge in [-0.05, 0) is 29.6 Å². The summed E-state index contributed by atoms with van der Waals surface area (Å²) < 4.78 is 59.7. The van der Waals surface area contributed by atoms with Gasteiger partial charge in [0.15, 0.2) is 0 Å². The number of halogens is 2. The van der Waals surface area contributed by atoms with Crippen LogP contribution in [0.2, 0.25) is 0 Å². The van der Waals surface area contributed by atoms with Gasteiger partial charge in [0.05, 0.1) is 19.3 Å². The van der Waals surface area contributed by atoms with Gasteiger partial charge in [0, 0.05) is 24.5 Å². The lowest BCUT2D eigenvalue weighted by Gasteiger charge is -2.34. The molecule has 1 aromatic carbocycles. The van der Waals surface area contributed by atoms with Crippen molar-refractivity contribution in [2.24, 2.45) is 0 Å². The van der Waals surface area contributed by atoms with Crippen LogP contribution < -0.4 is 4.72 Å². The van der Waals surface area contributed by atoms with Crippen LogP contribution in [0.4, 0.5) is 8.78 Å². The van der Waals surface area contributed by atoms with Crippen molar-refractivity contribution in [1.82, 2.24) is 9.62 Å². The molecule has 0 radical (unpaired) electrons. The van der Waals surface area contributed by atoms with Gasteiger partial charge in [0.1, 0.15) is 16.5 Å². The van der Waals surface area contributed by atoms with Crippen LogP contribution in [-0.2, 0) is 14.8 Å². The zero-order chi connectivity index (χ0) is 17.9. The molecule has 2 heterocycles. The fourth-order valence-electron chi connectivity index (χ4n) is 2.73. The van der Waals surface area contributed by atoms with E-state index in [0.717, 1.165) is 17.0 Å². The van der Waals surface area contributed by atoms with Crippen molar-refractivity contribution in [3.63, 3.8) is 0 Å². The van der Waals surface area contributed by atoms with E-state index in [1.54, 1.807) is 0 Å². The van der Waals surface area contributed by atoms with E-state index in [4.69, 9.17) is 4.74 Å². The molecule has 1 saturated heterocycles. The van der Waals surface area contributed by atoms with E-state index in [2.05, 4.69) is 9.62 Å². The van der Waals surface area contributed by atoms with Crippen LogP contribution in [0.25, 0.3) is 0 Å². The molecule has 1 atom stereocenters. The third-order valence-electron chi connectivity index (χ3n) is 4.01. The number of sulfonamides is 1. The van der Waals surface area contributed by atoms with Gasteiger partial charge in [-0.25, -0.2) is 21.9 Å². The summed E-state index contributed by atoms with van der Waals surface area (Å²) in [6.45, 7) is 2.58. The Labute approximate surface area is 149 Å². The van der Waals surface area contributed by atoms with Crippen LogP contribution in [0.3, 0.4) is 0 Å². The third-order valence-corrected chi connectivity index (χ3v) is 6.42. The first kappa shape index (κ1) is 18.4. The minimum Gasteiger partial charge on any atom is -0.379 e. The average Bonchev–Trinajstić information content (AvgIpc) is 3.12. The Bertz CT molecular complexity index is 807. The molecule has 0 saturated carbocycles. The van der Waals surface area contributed by atoms with E-state index in [-0.39, 0.29) is 12.6 Å². The summed E-state index contributed by atoms with van der Waals surface area (Å²) in [7, 11) is -4.16. The molecule has 136 valence electrons. The minimum atomic E-state index is -4.16. The zero-order valence-corrected chi connectivity index (χ0v) is 15.0. The molecule has 1 aliphatic heterocycles. The van der Waals surface area contributed by atoms with Gasteiger partial charge >= 0.3 is 0 Å². The lowest BCUT2D eigenvalue weighted by molar-refractivity contribution is 0.0179. The molecule has 1 fully saturated rings. The van der Waals surface area contributed by atoms with Gasteiger partial charge < -0.3 is 4.74 Å². The maximum Gasteiger partial charge on any atom is 0.243 e. The van der Waals surface area contributed by atoms with Crippen LogP contribution in [0.5, 0.6) is 0 Å². The molecule has 1 aromatic heterocycles. The summed E-state index contributed by atoms with van der Waals surface area (Å²) >= 11 is 1.53. The van der Waals surface area contributed by atoms with Crippen molar-refractivity contribution in [2.75, 3.05) is 32.8 Å². The molecule has 0 aliphatic carbocycles. The van der Waals surface area contributed by atoms with Crippen molar-refractivity contribution in [1.29, 1.82) is 0 Å². The van der Waals surface area contributed by atoms with Crippen molar-refractivity contribution < 1.29 is 21.9 Å². The predicted molar refractivity (Wildman–Crippen MR) is 91.0 cm³/mol. The SMILES string of the molecule is O=S(=O)(NC[C@H](c1cccs1)N1CCOCC1)c1cc(F)ccc1F. The molecule has 2 aromatic rings. The van der Waals surface area contributed by atoms with Gasteiger partial charge in [-0.15, -0.1) is 11.3 Å². The Balaban J connectivity index is 1.79. The first-order valence-corrected chi connectivity index (χ1v) is 10.1. The molecule has 5 nitrogen and oxygen atoms in total. The highest BCUT2D eigenvalue weighted by atomic mass is 32.2. The number of nitrogens with one attached hydrogen (secondary N) is 1. The van der Waals surface area contributed by atoms with E-state index in [9.17, 15) is 17.2 Å². The molecule has 3 rings (SSSR count). The number of hydrogen-bond acceptors (Lipinski definition) is 5. The van der Waals surface area contributed by atoms with Crippen LogP contribution in [0, 0.1) is 11.6 Å². The normalized spacial score (nSPS) is 17.5. The highest BCUT2D eigenvalue weighted by molar-refractivity contribution is 7.89. The van der Waals surface area contributed by atoms with Crippen LogP contribution >= 0.6 is 11.3 Å². The predicted octanol–water partition coefficient (Wildman–Crippen LogP) is 2.38. The summed E-state index contributed by atoms with van der Waals surface area (Å²) in [5.41, 5.74) is 0. The zero-order valence-electron chi connectivity index (χ0n) is 13.3. The van der Waals surface area contributed by atoms with Gasteiger partial charge in [-0.2, -0.15) is 0 Å². The molecular weight excluding hydrogens is 370 g/mol. The average molecular weight is 388 g/mol. The van der Waals surface area contributed by atoms with Crippen molar-refractivity contribution in [3.8, 4) is 0 Å². The monoisotopic (exact) mass is 388 g/mol. The Morgan fingerprint density at radius 3 is 2.68 bits per heavy atom. The Morgan fingerprint density at radius 1 is 1.24 bits per heavy atom. The second kappa shape index (κ2) is 7.88. The molecule has 0 spiro atoms. The van der Waals surface area contributed by atoms with E-state index in [0.29, 0.717) is 32.4 Å². The highest BCUT2D eigenvalue weighted by Crippen LogP contribution is 2.26. The third kappa shape index (κ3) is 4.42. The lowest BCUT2D eigenvalue weighted by Crippen LogP contribution is -2.43. The first-order chi connectivity index (χ1) is 12.0. The Kier molecular flexibility index (Phi) is 5.80. The number of nitrogens with zero attached hydrogens (tertiary/aromatic N) is 1. The van der Waals surface area contributed by atoms with Gasteiger partial charge in [-0.1, -0.05) is 6.07 Å². The maximum absolute atomic E-state index is 13.8. The van der Waals surface area contributed by atoms with E-state index >= 15 is 0 Å². The van der Waals surface area contributed by atoms with Crippen molar-refractivity contribution in [2.45, 2.75) is 10.9 Å². The second-order valence-corrected chi connectivity index (χ2v) is 8.32. The first-order valence-electron chi connectivity index (χ1n) is 7.77. The summed E-state index contributed by atoms with van der Waals surface area (Å²) in [6, 6.07) is 6.03. The van der Waals surface area contributed by atoms with Gasteiger partial charge in [-0.3, -0.25) is 4.90 Å². The van der Waals surface area contributed by atoms with Crippen LogP contribution in [-0.4, -0.2) is 46.2 Å². The number of ether oxygens (including phenoxy) is 1. The quantitative estimate of drug-likeness (QED) is 0.826. The van der Waals surface area contributed by atoms with Crippen molar-refractivity contribution >= 4 is 21.4 Å². The summed E-state index contributed by atoms with van der Waals surface area (Å²) in [5, 5.41) is 1.92. The highest BCUT2D eigenvalue weighted by Gasteiger charge is 2.27. The fourth-order valence-corrected chi connectivity index (χ4v) is 4.72. The summed E-state index contributed by atoms with van der Waals surface area (Å²) in [6.07, 6.45) is 0. The smallest absolute Gasteiger partial charge is 0.243 e. The maximum atomic E-state index is 13.8. The molecule has 1 aliphatic rings. The number of benzene rings is 1. The number of hydrogen-bond donors (Lipinski definition) is 1. The summed E-state index contributed by atoms with van der Waals surface area (Å²) in [4.78, 5) is 2.45. The second-order valence-electron chi connectivity index (χ2n) is 5.61. The molecule has 1 N–H and O–H groups in total. The summed E-state index contributed by atoms with van der Waals surface area (Å²) in [5.74, 6) is -1.78. The van der Waals surface area contributed by atoms with Crippen LogP contribution in [0.1, 0.15) is 10.9 Å². The standard InChI is InChI=1S/C16H18F2N2O3S2/c17-12-3-4-13(18)16(10-12)25(21,22)19-11-14(15-2-1-9-24-15)20-5-7-23-8-6-20/h1-4,9-10,14,19H,5-8,11H2/t14-/m1/s1. The Morgan fingerprint density at radius 2 is 2.00 bits per heavy atom. The minimum absolute atomic E-state index is 0.0683. The fraction of sp³-hybridized carbons (Fsp3) is 0.375. The number of morpholine rings is 1. The van der Waals surface area contributed by atoms with E-state index in [1.807, 2.05) is 17.5 Å². The van der Waals surface area contributed by atoms with Gasteiger partial charge in [0.2, 0.25) is 10.0 Å². The molecular formula is C16H18F2N2O3S2. The van der Waals surface area contributed by atoms with E-state index in [1.165, 1.54) is 11.3 Å². The topological polar surface area (TPSA) is 58.6 Å². The van der Waals surface area contributed by atoms with E-state index < -0.39 is 26.6 Å². The molecule has 0 bridgehead atoms. The van der Waals surface area contributed by atoms with Gasteiger partial charge in [0.25, 0.3) is 0 Å². The van der Waals surface area contributed by atoms with Crippen LogP contribution in [0.15, 0.2) is 40.6 Å². The molecule has 0 amide bonds. The molecule has 0 unspecified atom stereocenters. The number of thiophene rings is 1. The molecule has 9 heteroatoms. The largest absolute Gasteiger partial charge is 0.379 e. The molecule has 25 heavy (non-hydrogen) atoms. The lowest BCUT2D eigenvalue weighted by atomic mass is 10.2. The Hall–Kier alpha value is -1.39.